The molecule has 4 nitrogen and oxygen atoms in total. The van der Waals surface area contributed by atoms with Gasteiger partial charge in [-0.3, -0.25) is 0 Å². The fourth-order valence-corrected chi connectivity index (χ4v) is 11.4. The van der Waals surface area contributed by atoms with Crippen molar-refractivity contribution in [2.75, 3.05) is 10.2 Å². The van der Waals surface area contributed by atoms with Crippen molar-refractivity contribution >= 4 is 90.4 Å². The number of fused-ring (bicyclic) bond motifs is 9. The van der Waals surface area contributed by atoms with Crippen LogP contribution < -0.4 is 21.1 Å². The SMILES string of the molecule is CCCCCc1ccc(Nc2ccccc2-c2cc(N(c3ccccc3)c3ccccc3)c3c4cc5c(cc4n4c3c2Bc2cc3oc6ccccc6c3cc2-4)C(C)(C)CCC5(C)C)cc1. The van der Waals surface area contributed by atoms with Crippen molar-refractivity contribution in [3.05, 3.63) is 180 Å². The number of hydrogen-bond donors (Lipinski definition) is 1. The standard InChI is InChI=1S/C61H56BN3O/c1-6-7-10-19-39-28-30-40(31-29-39)63-51-26-17-15-24-43(51)46-36-54(64(41-20-11-8-12-21-41)42-22-13-9-14-23-42)57-47-34-48-49(61(4,5)33-32-60(48,2)3)37-52(47)65-53-35-45-44-25-16-18-27-55(44)66-56(45)38-50(53)62-58(46)59(57)65/h8-9,11-18,20-31,34-38,62-63H,6-7,10,19,32-33H2,1-5H3. The van der Waals surface area contributed by atoms with Crippen LogP contribution in [0.5, 0.6) is 0 Å². The molecule has 0 bridgehead atoms. The highest BCUT2D eigenvalue weighted by atomic mass is 16.3. The smallest absolute Gasteiger partial charge is 0.198 e. The third kappa shape index (κ3) is 6.57. The summed E-state index contributed by atoms with van der Waals surface area (Å²) >= 11 is 0. The number of unbranched alkanes of at least 4 members (excludes halogenated alkanes) is 2. The molecule has 0 saturated heterocycles. The molecule has 66 heavy (non-hydrogen) atoms. The van der Waals surface area contributed by atoms with Crippen LogP contribution >= 0.6 is 0 Å². The van der Waals surface area contributed by atoms with E-state index in [1.165, 1.54) is 91.2 Å². The molecule has 0 saturated carbocycles. The lowest BCUT2D eigenvalue weighted by Gasteiger charge is -2.42. The number of anilines is 5. The van der Waals surface area contributed by atoms with Gasteiger partial charge in [0.05, 0.1) is 16.7 Å². The Kier molecular flexibility index (Phi) is 9.57. The van der Waals surface area contributed by atoms with E-state index in [0.29, 0.717) is 0 Å². The van der Waals surface area contributed by atoms with Crippen molar-refractivity contribution in [2.45, 2.75) is 84.0 Å². The highest BCUT2D eigenvalue weighted by Gasteiger charge is 2.39. The third-order valence-corrected chi connectivity index (χ3v) is 15.1. The number of aromatic nitrogens is 1. The van der Waals surface area contributed by atoms with Crippen LogP contribution in [0.3, 0.4) is 0 Å². The number of hydrogen-bond acceptors (Lipinski definition) is 3. The molecule has 3 heterocycles. The van der Waals surface area contributed by atoms with E-state index in [-0.39, 0.29) is 10.8 Å². The van der Waals surface area contributed by atoms with Gasteiger partial charge in [0, 0.05) is 55.5 Å². The maximum absolute atomic E-state index is 6.63. The topological polar surface area (TPSA) is 33.3 Å². The van der Waals surface area contributed by atoms with Gasteiger partial charge in [0.1, 0.15) is 11.2 Å². The van der Waals surface area contributed by atoms with E-state index in [1.807, 2.05) is 0 Å². The first kappa shape index (κ1) is 40.5. The average molecular weight is 858 g/mol. The molecule has 10 aromatic rings. The maximum atomic E-state index is 6.63. The molecule has 0 atom stereocenters. The van der Waals surface area contributed by atoms with Gasteiger partial charge < -0.3 is 19.2 Å². The van der Waals surface area contributed by atoms with E-state index in [4.69, 9.17) is 4.42 Å². The van der Waals surface area contributed by atoms with Crippen LogP contribution in [-0.2, 0) is 17.3 Å². The molecule has 0 unspecified atom stereocenters. The van der Waals surface area contributed by atoms with E-state index in [9.17, 15) is 0 Å². The largest absolute Gasteiger partial charge is 0.456 e. The number of benzene rings is 8. The van der Waals surface area contributed by atoms with Crippen LogP contribution in [0.4, 0.5) is 28.4 Å². The van der Waals surface area contributed by atoms with Crippen LogP contribution in [0.25, 0.3) is 60.6 Å². The van der Waals surface area contributed by atoms with Crippen LogP contribution in [0.15, 0.2) is 168 Å². The molecule has 8 aromatic carbocycles. The quantitative estimate of drug-likeness (QED) is 0.110. The van der Waals surface area contributed by atoms with Crippen LogP contribution in [0, 0.1) is 0 Å². The molecule has 2 aliphatic rings. The van der Waals surface area contributed by atoms with E-state index in [2.05, 4.69) is 213 Å². The Balaban J connectivity index is 1.20. The van der Waals surface area contributed by atoms with Crippen molar-refractivity contribution in [2.24, 2.45) is 0 Å². The molecular formula is C61H56BN3O. The lowest BCUT2D eigenvalue weighted by Crippen LogP contribution is -2.37. The Labute approximate surface area is 389 Å². The summed E-state index contributed by atoms with van der Waals surface area (Å²) in [5.74, 6) is 0. The predicted molar refractivity (Wildman–Crippen MR) is 283 cm³/mol. The summed E-state index contributed by atoms with van der Waals surface area (Å²) in [4.78, 5) is 2.50. The Hall–Kier alpha value is -6.98. The molecule has 1 aliphatic carbocycles. The Bertz CT molecular complexity index is 3450. The van der Waals surface area contributed by atoms with Gasteiger partial charge in [0.15, 0.2) is 7.28 Å². The minimum atomic E-state index is 0.0349. The van der Waals surface area contributed by atoms with E-state index >= 15 is 0 Å². The molecule has 0 fully saturated rings. The number of para-hydroxylation sites is 4. The molecule has 5 heteroatoms. The third-order valence-electron chi connectivity index (χ3n) is 15.1. The minimum absolute atomic E-state index is 0.0349. The first-order valence-corrected chi connectivity index (χ1v) is 24.2. The Morgan fingerprint density at radius 2 is 1.29 bits per heavy atom. The van der Waals surface area contributed by atoms with E-state index < -0.39 is 0 Å². The number of rotatable bonds is 10. The molecule has 0 spiro atoms. The molecule has 2 aromatic heterocycles. The van der Waals surface area contributed by atoms with Crippen molar-refractivity contribution in [3.63, 3.8) is 0 Å². The molecule has 0 amide bonds. The molecule has 324 valence electrons. The number of nitrogens with one attached hydrogen (secondary N) is 1. The summed E-state index contributed by atoms with van der Waals surface area (Å²) in [6.45, 7) is 12.1. The fourth-order valence-electron chi connectivity index (χ4n) is 11.4. The summed E-state index contributed by atoms with van der Waals surface area (Å²) in [6.07, 6.45) is 7.14. The summed E-state index contributed by atoms with van der Waals surface area (Å²) in [5.41, 5.74) is 20.6. The zero-order valence-corrected chi connectivity index (χ0v) is 38.8. The van der Waals surface area contributed by atoms with Gasteiger partial charge in [0.25, 0.3) is 0 Å². The second kappa shape index (κ2) is 15.6. The first-order chi connectivity index (χ1) is 32.2. The Morgan fingerprint density at radius 3 is 2.02 bits per heavy atom. The van der Waals surface area contributed by atoms with Gasteiger partial charge in [-0.25, -0.2) is 0 Å². The zero-order chi connectivity index (χ0) is 44.7. The lowest BCUT2D eigenvalue weighted by atomic mass is 9.58. The van der Waals surface area contributed by atoms with E-state index in [0.717, 1.165) is 71.2 Å². The second-order valence-electron chi connectivity index (χ2n) is 20.2. The van der Waals surface area contributed by atoms with Gasteiger partial charge in [-0.05, 0) is 143 Å². The highest BCUT2D eigenvalue weighted by Crippen LogP contribution is 2.52. The van der Waals surface area contributed by atoms with Gasteiger partial charge in [-0.2, -0.15) is 0 Å². The van der Waals surface area contributed by atoms with Crippen LogP contribution in [0.2, 0.25) is 0 Å². The predicted octanol–water partition coefficient (Wildman–Crippen LogP) is 15.3. The van der Waals surface area contributed by atoms with Gasteiger partial charge >= 0.3 is 0 Å². The van der Waals surface area contributed by atoms with Gasteiger partial charge in [-0.15, -0.1) is 0 Å². The number of furan rings is 1. The molecule has 1 N–H and O–H groups in total. The van der Waals surface area contributed by atoms with Gasteiger partial charge in [-0.1, -0.05) is 138 Å². The summed E-state index contributed by atoms with van der Waals surface area (Å²) in [5, 5.41) is 8.80. The molecular weight excluding hydrogens is 802 g/mol. The second-order valence-corrected chi connectivity index (χ2v) is 20.2. The van der Waals surface area contributed by atoms with Crippen molar-refractivity contribution in [1.82, 2.24) is 4.57 Å². The lowest BCUT2D eigenvalue weighted by molar-refractivity contribution is 0.332. The van der Waals surface area contributed by atoms with Crippen molar-refractivity contribution < 1.29 is 4.42 Å². The fraction of sp³-hybridized carbons (Fsp3) is 0.213. The van der Waals surface area contributed by atoms with E-state index in [1.54, 1.807) is 0 Å². The highest BCUT2D eigenvalue weighted by molar-refractivity contribution is 6.74. The number of aryl methyl sites for hydroxylation is 1. The zero-order valence-electron chi connectivity index (χ0n) is 38.8. The monoisotopic (exact) mass is 857 g/mol. The van der Waals surface area contributed by atoms with Crippen LogP contribution in [0.1, 0.15) is 83.4 Å². The van der Waals surface area contributed by atoms with Crippen molar-refractivity contribution in [1.29, 1.82) is 0 Å². The Morgan fingerprint density at radius 1 is 0.621 bits per heavy atom. The summed E-state index contributed by atoms with van der Waals surface area (Å²) in [6, 6.07) is 60.9. The number of nitrogens with zero attached hydrogens (tertiary/aromatic N) is 2. The normalized spacial score (nSPS) is 14.6. The summed E-state index contributed by atoms with van der Waals surface area (Å²) < 4.78 is 9.28. The first-order valence-electron chi connectivity index (χ1n) is 24.2. The van der Waals surface area contributed by atoms with Crippen molar-refractivity contribution in [3.8, 4) is 16.8 Å². The van der Waals surface area contributed by atoms with Crippen LogP contribution in [-0.4, -0.2) is 11.8 Å². The summed E-state index contributed by atoms with van der Waals surface area (Å²) in [7, 11) is 0.763. The van der Waals surface area contributed by atoms with Gasteiger partial charge in [0.2, 0.25) is 0 Å². The molecule has 0 radical (unpaired) electrons. The molecule has 1 aliphatic heterocycles. The molecule has 12 rings (SSSR count). The average Bonchev–Trinajstić information content (AvgIpc) is 3.88. The minimum Gasteiger partial charge on any atom is -0.456 e. The maximum Gasteiger partial charge on any atom is 0.198 e.